The molecule has 3 amide bonds. The van der Waals surface area contributed by atoms with Gasteiger partial charge in [0.05, 0.1) is 36.6 Å². The summed E-state index contributed by atoms with van der Waals surface area (Å²) in [4.78, 5) is 58.6. The maximum atomic E-state index is 14.5. The van der Waals surface area contributed by atoms with Gasteiger partial charge in [-0.2, -0.15) is 0 Å². The SMILES string of the molecule is C=CCCC(=O)N[C@@H](C)[C@H](OC(=O)[C@@H]1[C@H]2O[C@@]3(CC2Br)[C@H](C(=O)N(CC=C)C(C)CCC)N([C@H](C)CO)C(=O)[C@@H]13)c1ccccc1. The molecule has 2 bridgehead atoms. The quantitative estimate of drug-likeness (QED) is 0.151. The molecule has 2 unspecified atom stereocenters. The maximum absolute atomic E-state index is 14.5. The number of likely N-dealkylation sites (tertiary alicyclic amines) is 1. The maximum Gasteiger partial charge on any atom is 0.313 e. The number of hydrogen-bond donors (Lipinski definition) is 2. The van der Waals surface area contributed by atoms with Crippen molar-refractivity contribution >= 4 is 39.6 Å². The molecule has 0 aliphatic carbocycles. The van der Waals surface area contributed by atoms with E-state index >= 15 is 0 Å². The molecule has 11 heteroatoms. The number of alkyl halides is 1. The number of allylic oxidation sites excluding steroid dienone is 1. The first kappa shape index (κ1) is 35.8. The van der Waals surface area contributed by atoms with Crippen LogP contribution < -0.4 is 5.32 Å². The summed E-state index contributed by atoms with van der Waals surface area (Å²) >= 11 is 3.71. The fraction of sp³-hybridized carbons (Fsp3) is 0.600. The molecule has 3 fully saturated rings. The average molecular weight is 703 g/mol. The van der Waals surface area contributed by atoms with Crippen LogP contribution in [-0.4, -0.2) is 92.4 Å². The molecule has 0 saturated carbocycles. The first-order valence-corrected chi connectivity index (χ1v) is 17.2. The molecule has 3 heterocycles. The molecule has 0 radical (unpaired) electrons. The third kappa shape index (κ3) is 6.69. The number of benzene rings is 1. The Morgan fingerprint density at radius 1 is 1.22 bits per heavy atom. The van der Waals surface area contributed by atoms with Gasteiger partial charge >= 0.3 is 5.97 Å². The van der Waals surface area contributed by atoms with E-state index in [-0.39, 0.29) is 42.3 Å². The molecule has 46 heavy (non-hydrogen) atoms. The van der Waals surface area contributed by atoms with Crippen molar-refractivity contribution < 1.29 is 33.8 Å². The number of aliphatic hydroxyl groups excluding tert-OH is 1. The van der Waals surface area contributed by atoms with Gasteiger partial charge < -0.3 is 29.7 Å². The number of carbonyl (C=O) groups excluding carboxylic acids is 4. The van der Waals surface area contributed by atoms with Gasteiger partial charge in [0.2, 0.25) is 17.7 Å². The fourth-order valence-electron chi connectivity index (χ4n) is 7.48. The van der Waals surface area contributed by atoms with Gasteiger partial charge in [0.15, 0.2) is 0 Å². The van der Waals surface area contributed by atoms with E-state index in [1.807, 2.05) is 44.2 Å². The highest BCUT2D eigenvalue weighted by Gasteiger charge is 2.77. The van der Waals surface area contributed by atoms with E-state index < -0.39 is 59.6 Å². The number of aliphatic hydroxyl groups is 1. The molecule has 0 aromatic heterocycles. The number of esters is 1. The molecule has 1 aromatic carbocycles. The summed E-state index contributed by atoms with van der Waals surface area (Å²) in [6.07, 6.45) is 4.50. The van der Waals surface area contributed by atoms with Gasteiger partial charge in [-0.05, 0) is 45.6 Å². The lowest BCUT2D eigenvalue weighted by Gasteiger charge is -2.40. The van der Waals surface area contributed by atoms with E-state index in [2.05, 4.69) is 34.4 Å². The normalized spacial score (nSPS) is 29.0. The van der Waals surface area contributed by atoms with Gasteiger partial charge in [-0.25, -0.2) is 0 Å². The smallest absolute Gasteiger partial charge is 0.313 e. The van der Waals surface area contributed by atoms with Gasteiger partial charge in [-0.1, -0.05) is 71.8 Å². The average Bonchev–Trinajstić information content (AvgIpc) is 3.64. The number of ether oxygens (including phenoxy) is 2. The molecule has 252 valence electrons. The van der Waals surface area contributed by atoms with Crippen LogP contribution in [0.15, 0.2) is 55.6 Å². The molecule has 3 aliphatic rings. The van der Waals surface area contributed by atoms with Crippen LogP contribution in [0, 0.1) is 11.8 Å². The predicted octanol–water partition coefficient (Wildman–Crippen LogP) is 4.07. The third-order valence-corrected chi connectivity index (χ3v) is 10.5. The molecule has 1 aromatic rings. The van der Waals surface area contributed by atoms with Gasteiger partial charge in [-0.3, -0.25) is 19.2 Å². The molecular weight excluding hydrogens is 654 g/mol. The zero-order chi connectivity index (χ0) is 33.8. The Hall–Kier alpha value is -3.02. The minimum absolute atomic E-state index is 0.124. The topological polar surface area (TPSA) is 125 Å². The van der Waals surface area contributed by atoms with Crippen LogP contribution in [0.1, 0.15) is 71.5 Å². The number of rotatable bonds is 16. The van der Waals surface area contributed by atoms with Gasteiger partial charge in [-0.15, -0.1) is 13.2 Å². The van der Waals surface area contributed by atoms with Crippen molar-refractivity contribution in [3.05, 3.63) is 61.2 Å². The standard InChI is InChI=1S/C35H48BrN3O7/c1-7-10-17-26(41)37-23(6)29(24-15-12-11-13-16-24)45-34(44)27-28-32(42)39(22(5)20-40)31(35(28)19-25(36)30(27)46-35)33(43)38(18-9-3)21(4)14-8-2/h7,9,11-13,15-16,21-23,25,27-31,40H,1,3,8,10,14,17-20H2,2,4-6H3,(H,37,41)/t21?,22-,23+,25?,27+,28-,29+,30+,31+,35-/m1/s1. The first-order valence-electron chi connectivity index (χ1n) is 16.3. The van der Waals surface area contributed by atoms with Gasteiger partial charge in [0, 0.05) is 23.8 Å². The van der Waals surface area contributed by atoms with E-state index in [0.717, 1.165) is 12.8 Å². The molecule has 10 atom stereocenters. The van der Waals surface area contributed by atoms with Crippen molar-refractivity contribution in [1.82, 2.24) is 15.1 Å². The number of nitrogens with one attached hydrogen (secondary N) is 1. The van der Waals surface area contributed by atoms with Crippen molar-refractivity contribution in [2.75, 3.05) is 13.2 Å². The summed E-state index contributed by atoms with van der Waals surface area (Å²) in [5, 5.41) is 13.2. The Bertz CT molecular complexity index is 1290. The first-order chi connectivity index (χ1) is 22.0. The number of carbonyl (C=O) groups is 4. The van der Waals surface area contributed by atoms with Crippen molar-refractivity contribution in [2.45, 2.75) is 107 Å². The zero-order valence-corrected chi connectivity index (χ0v) is 28.9. The Balaban J connectivity index is 1.71. The van der Waals surface area contributed by atoms with Crippen LogP contribution in [0.5, 0.6) is 0 Å². The second kappa shape index (κ2) is 15.3. The van der Waals surface area contributed by atoms with Gasteiger partial charge in [0.25, 0.3) is 0 Å². The summed E-state index contributed by atoms with van der Waals surface area (Å²) in [5.74, 6) is -3.52. The Morgan fingerprint density at radius 3 is 2.52 bits per heavy atom. The van der Waals surface area contributed by atoms with E-state index in [4.69, 9.17) is 9.47 Å². The molecular formula is C35H48BrN3O7. The van der Waals surface area contributed by atoms with Crippen LogP contribution in [0.2, 0.25) is 0 Å². The lowest BCUT2D eigenvalue weighted by atomic mass is 9.70. The predicted molar refractivity (Wildman–Crippen MR) is 178 cm³/mol. The Labute approximate surface area is 280 Å². The van der Waals surface area contributed by atoms with Crippen LogP contribution in [0.25, 0.3) is 0 Å². The minimum atomic E-state index is -1.29. The van der Waals surface area contributed by atoms with Crippen molar-refractivity contribution in [1.29, 1.82) is 0 Å². The second-order valence-electron chi connectivity index (χ2n) is 12.8. The summed E-state index contributed by atoms with van der Waals surface area (Å²) < 4.78 is 12.9. The minimum Gasteiger partial charge on any atom is -0.455 e. The molecule has 1 spiro atoms. The summed E-state index contributed by atoms with van der Waals surface area (Å²) in [6, 6.07) is 6.71. The number of nitrogens with zero attached hydrogens (tertiary/aromatic N) is 2. The zero-order valence-electron chi connectivity index (χ0n) is 27.3. The van der Waals surface area contributed by atoms with E-state index in [1.165, 1.54) is 4.90 Å². The van der Waals surface area contributed by atoms with E-state index in [0.29, 0.717) is 18.4 Å². The largest absolute Gasteiger partial charge is 0.455 e. The number of hydrogen-bond acceptors (Lipinski definition) is 7. The number of halogens is 1. The summed E-state index contributed by atoms with van der Waals surface area (Å²) in [5.41, 5.74) is -0.606. The molecule has 10 nitrogen and oxygen atoms in total. The lowest BCUT2D eigenvalue weighted by Crippen LogP contribution is -2.59. The monoisotopic (exact) mass is 701 g/mol. The van der Waals surface area contributed by atoms with E-state index in [9.17, 15) is 24.3 Å². The molecule has 4 rings (SSSR count). The fourth-order valence-corrected chi connectivity index (χ4v) is 8.42. The lowest BCUT2D eigenvalue weighted by molar-refractivity contribution is -0.162. The Morgan fingerprint density at radius 2 is 1.91 bits per heavy atom. The highest BCUT2D eigenvalue weighted by atomic mass is 79.9. The van der Waals surface area contributed by atoms with Crippen molar-refractivity contribution in [3.63, 3.8) is 0 Å². The third-order valence-electron chi connectivity index (χ3n) is 9.61. The van der Waals surface area contributed by atoms with Crippen LogP contribution in [-0.2, 0) is 28.7 Å². The van der Waals surface area contributed by atoms with Crippen LogP contribution in [0.3, 0.4) is 0 Å². The van der Waals surface area contributed by atoms with E-state index in [1.54, 1.807) is 30.9 Å². The molecule has 3 saturated heterocycles. The molecule has 2 N–H and O–H groups in total. The molecule has 3 aliphatic heterocycles. The Kier molecular flexibility index (Phi) is 11.9. The van der Waals surface area contributed by atoms with Crippen molar-refractivity contribution in [3.8, 4) is 0 Å². The van der Waals surface area contributed by atoms with Crippen LogP contribution >= 0.6 is 15.9 Å². The number of fused-ring (bicyclic) bond motifs is 1. The summed E-state index contributed by atoms with van der Waals surface area (Å²) in [7, 11) is 0. The number of amides is 3. The highest BCUT2D eigenvalue weighted by Crippen LogP contribution is 2.61. The van der Waals surface area contributed by atoms with Gasteiger partial charge in [0.1, 0.15) is 17.7 Å². The van der Waals surface area contributed by atoms with Crippen molar-refractivity contribution in [2.24, 2.45) is 11.8 Å². The second-order valence-corrected chi connectivity index (χ2v) is 14.0. The van der Waals surface area contributed by atoms with Crippen LogP contribution in [0.4, 0.5) is 0 Å². The summed E-state index contributed by atoms with van der Waals surface area (Å²) in [6.45, 7) is 14.9. The highest BCUT2D eigenvalue weighted by molar-refractivity contribution is 9.09.